The van der Waals surface area contributed by atoms with Crippen LogP contribution >= 0.6 is 0 Å². The number of nitrogens with one attached hydrogen (secondary N) is 2. The second-order valence-corrected chi connectivity index (χ2v) is 7.70. The van der Waals surface area contributed by atoms with Crippen LogP contribution in [0.4, 0.5) is 4.79 Å². The van der Waals surface area contributed by atoms with E-state index in [-0.39, 0.29) is 23.9 Å². The molecule has 2 saturated heterocycles. The van der Waals surface area contributed by atoms with E-state index in [1.807, 2.05) is 18.2 Å². The Balaban J connectivity index is 1.67. The standard InChI is InChI=1S/C20H27N3O2/c24-18-20(16-10-12-21-13-11-16,14-15-6-2-1-3-7-15)22-19(25)23(18)17-8-4-5-9-17/h1-3,6-7,16-17,21H,4-5,8-14H2,(H,22,25)/t20-/m1/s1. The van der Waals surface area contributed by atoms with E-state index in [1.54, 1.807) is 4.90 Å². The van der Waals surface area contributed by atoms with E-state index in [0.717, 1.165) is 57.2 Å². The number of amides is 3. The monoisotopic (exact) mass is 341 g/mol. The van der Waals surface area contributed by atoms with Gasteiger partial charge in [-0.25, -0.2) is 4.79 Å². The molecule has 3 amide bonds. The number of carbonyl (C=O) groups excluding carboxylic acids is 2. The highest BCUT2D eigenvalue weighted by Gasteiger charge is 2.57. The molecule has 1 saturated carbocycles. The van der Waals surface area contributed by atoms with Crippen molar-refractivity contribution < 1.29 is 9.59 Å². The fourth-order valence-electron chi connectivity index (χ4n) is 4.88. The van der Waals surface area contributed by atoms with Crippen molar-refractivity contribution in [1.29, 1.82) is 0 Å². The third-order valence-electron chi connectivity index (χ3n) is 6.20. The molecule has 1 atom stereocenters. The highest BCUT2D eigenvalue weighted by Crippen LogP contribution is 2.38. The van der Waals surface area contributed by atoms with Crippen molar-refractivity contribution in [2.24, 2.45) is 5.92 Å². The molecule has 2 heterocycles. The lowest BCUT2D eigenvalue weighted by Crippen LogP contribution is -2.57. The summed E-state index contributed by atoms with van der Waals surface area (Å²) in [6.45, 7) is 1.82. The minimum Gasteiger partial charge on any atom is -0.322 e. The number of imide groups is 1. The number of nitrogens with zero attached hydrogens (tertiary/aromatic N) is 1. The van der Waals surface area contributed by atoms with Gasteiger partial charge in [0.15, 0.2) is 0 Å². The summed E-state index contributed by atoms with van der Waals surface area (Å²) in [6, 6.07) is 10.0. The molecule has 1 aromatic carbocycles. The number of piperidine rings is 1. The lowest BCUT2D eigenvalue weighted by molar-refractivity contribution is -0.135. The Bertz CT molecular complexity index is 636. The molecule has 3 fully saturated rings. The molecule has 0 spiro atoms. The maximum absolute atomic E-state index is 13.6. The highest BCUT2D eigenvalue weighted by atomic mass is 16.2. The van der Waals surface area contributed by atoms with Crippen molar-refractivity contribution >= 4 is 11.9 Å². The van der Waals surface area contributed by atoms with Crippen LogP contribution in [0.3, 0.4) is 0 Å². The zero-order valence-electron chi connectivity index (χ0n) is 14.7. The summed E-state index contributed by atoms with van der Waals surface area (Å²) in [4.78, 5) is 27.9. The number of benzene rings is 1. The van der Waals surface area contributed by atoms with Crippen LogP contribution in [0.2, 0.25) is 0 Å². The van der Waals surface area contributed by atoms with Gasteiger partial charge in [-0.3, -0.25) is 9.69 Å². The Hall–Kier alpha value is -1.88. The van der Waals surface area contributed by atoms with Gasteiger partial charge >= 0.3 is 6.03 Å². The summed E-state index contributed by atoms with van der Waals surface area (Å²) >= 11 is 0. The maximum atomic E-state index is 13.6. The minimum absolute atomic E-state index is 0.0140. The third-order valence-corrected chi connectivity index (χ3v) is 6.20. The van der Waals surface area contributed by atoms with Crippen LogP contribution in [0.5, 0.6) is 0 Å². The zero-order chi connectivity index (χ0) is 17.3. The van der Waals surface area contributed by atoms with Crippen molar-refractivity contribution in [3.05, 3.63) is 35.9 Å². The van der Waals surface area contributed by atoms with Crippen LogP contribution in [0, 0.1) is 5.92 Å². The van der Waals surface area contributed by atoms with E-state index in [1.165, 1.54) is 0 Å². The molecule has 0 radical (unpaired) electrons. The first-order valence-electron chi connectivity index (χ1n) is 9.61. The van der Waals surface area contributed by atoms with Crippen LogP contribution in [0.1, 0.15) is 44.1 Å². The summed E-state index contributed by atoms with van der Waals surface area (Å²) in [5.74, 6) is 0.206. The molecular weight excluding hydrogens is 314 g/mol. The Labute approximate surface area is 149 Å². The molecule has 2 aliphatic heterocycles. The molecule has 0 bridgehead atoms. The summed E-state index contributed by atoms with van der Waals surface area (Å²) in [6.07, 6.45) is 6.57. The van der Waals surface area contributed by atoms with Gasteiger partial charge in [0.1, 0.15) is 5.54 Å². The van der Waals surface area contributed by atoms with Gasteiger partial charge < -0.3 is 10.6 Å². The van der Waals surface area contributed by atoms with Crippen molar-refractivity contribution in [1.82, 2.24) is 15.5 Å². The normalized spacial score (nSPS) is 28.6. The molecule has 0 unspecified atom stereocenters. The van der Waals surface area contributed by atoms with E-state index >= 15 is 0 Å². The predicted molar refractivity (Wildman–Crippen MR) is 96.1 cm³/mol. The van der Waals surface area contributed by atoms with Gasteiger partial charge in [0.25, 0.3) is 5.91 Å². The van der Waals surface area contributed by atoms with Crippen LogP contribution in [-0.2, 0) is 11.2 Å². The van der Waals surface area contributed by atoms with Crippen molar-refractivity contribution in [3.63, 3.8) is 0 Å². The summed E-state index contributed by atoms with van der Waals surface area (Å²) < 4.78 is 0. The first-order valence-corrected chi connectivity index (χ1v) is 9.61. The molecule has 1 aromatic rings. The SMILES string of the molecule is O=C1N[C@](Cc2ccccc2)(C2CCNCC2)C(=O)N1C1CCCC1. The molecule has 0 aromatic heterocycles. The molecule has 1 aliphatic carbocycles. The maximum Gasteiger partial charge on any atom is 0.325 e. The largest absolute Gasteiger partial charge is 0.325 e. The zero-order valence-corrected chi connectivity index (χ0v) is 14.7. The smallest absolute Gasteiger partial charge is 0.322 e. The summed E-state index contributed by atoms with van der Waals surface area (Å²) in [5.41, 5.74) is 0.339. The van der Waals surface area contributed by atoms with Crippen LogP contribution < -0.4 is 10.6 Å². The van der Waals surface area contributed by atoms with E-state index < -0.39 is 5.54 Å². The predicted octanol–water partition coefficient (Wildman–Crippen LogP) is 2.46. The Morgan fingerprint density at radius 1 is 1.00 bits per heavy atom. The molecule has 134 valence electrons. The van der Waals surface area contributed by atoms with Gasteiger partial charge in [0.2, 0.25) is 0 Å². The van der Waals surface area contributed by atoms with Gasteiger partial charge in [-0.2, -0.15) is 0 Å². The summed E-state index contributed by atoms with van der Waals surface area (Å²) in [5, 5.41) is 6.55. The van der Waals surface area contributed by atoms with E-state index in [9.17, 15) is 9.59 Å². The lowest BCUT2D eigenvalue weighted by atomic mass is 9.74. The van der Waals surface area contributed by atoms with Crippen LogP contribution in [0.25, 0.3) is 0 Å². The molecular formula is C20H27N3O2. The molecule has 3 aliphatic rings. The second-order valence-electron chi connectivity index (χ2n) is 7.70. The van der Waals surface area contributed by atoms with E-state index in [0.29, 0.717) is 6.42 Å². The molecule has 4 rings (SSSR count). The topological polar surface area (TPSA) is 61.4 Å². The van der Waals surface area contributed by atoms with Crippen molar-refractivity contribution in [2.45, 2.75) is 56.5 Å². The summed E-state index contributed by atoms with van der Waals surface area (Å²) in [7, 11) is 0. The van der Waals surface area contributed by atoms with E-state index in [4.69, 9.17) is 0 Å². The number of hydrogen-bond acceptors (Lipinski definition) is 3. The molecule has 5 heteroatoms. The second kappa shape index (κ2) is 6.79. The van der Waals surface area contributed by atoms with Crippen molar-refractivity contribution in [2.75, 3.05) is 13.1 Å². The molecule has 2 N–H and O–H groups in total. The minimum atomic E-state index is -0.775. The Kier molecular flexibility index (Phi) is 4.50. The van der Waals surface area contributed by atoms with Crippen LogP contribution in [-0.4, -0.2) is 41.5 Å². The quantitative estimate of drug-likeness (QED) is 0.827. The average Bonchev–Trinajstić information content (AvgIpc) is 3.24. The third kappa shape index (κ3) is 2.95. The number of urea groups is 1. The van der Waals surface area contributed by atoms with Crippen LogP contribution in [0.15, 0.2) is 30.3 Å². The molecule has 5 nitrogen and oxygen atoms in total. The molecule has 25 heavy (non-hydrogen) atoms. The van der Waals surface area contributed by atoms with Crippen molar-refractivity contribution in [3.8, 4) is 0 Å². The first kappa shape index (κ1) is 16.6. The number of rotatable bonds is 4. The van der Waals surface area contributed by atoms with Gasteiger partial charge in [0, 0.05) is 12.5 Å². The highest BCUT2D eigenvalue weighted by molar-refractivity contribution is 6.07. The number of carbonyl (C=O) groups is 2. The Morgan fingerprint density at radius 2 is 1.68 bits per heavy atom. The number of hydrogen-bond donors (Lipinski definition) is 2. The van der Waals surface area contributed by atoms with Gasteiger partial charge in [-0.1, -0.05) is 43.2 Å². The fourth-order valence-corrected chi connectivity index (χ4v) is 4.88. The Morgan fingerprint density at radius 3 is 2.36 bits per heavy atom. The first-order chi connectivity index (χ1) is 12.2. The average molecular weight is 341 g/mol. The van der Waals surface area contributed by atoms with Gasteiger partial charge in [-0.15, -0.1) is 0 Å². The fraction of sp³-hybridized carbons (Fsp3) is 0.600. The van der Waals surface area contributed by atoms with E-state index in [2.05, 4.69) is 22.8 Å². The van der Waals surface area contributed by atoms with Gasteiger partial charge in [0.05, 0.1) is 0 Å². The lowest BCUT2D eigenvalue weighted by Gasteiger charge is -2.38. The van der Waals surface area contributed by atoms with Gasteiger partial charge in [-0.05, 0) is 50.3 Å².